The number of nitrogens with zero attached hydrogens (tertiary/aromatic N) is 6. The minimum Gasteiger partial charge on any atom is -0.495 e. The highest BCUT2D eigenvalue weighted by Crippen LogP contribution is 2.32. The number of methoxy groups -OCH3 is 1. The zero-order valence-corrected chi connectivity index (χ0v) is 22.7. The number of likely N-dealkylation sites (tertiary alicyclic amines) is 1. The summed E-state index contributed by atoms with van der Waals surface area (Å²) in [4.78, 5) is 27.8. The maximum atomic E-state index is 12.3. The van der Waals surface area contributed by atoms with Crippen LogP contribution in [0.25, 0.3) is 11.0 Å². The molecule has 206 valence electrons. The second kappa shape index (κ2) is 12.9. The number of aliphatic hydroxyl groups is 1. The van der Waals surface area contributed by atoms with Crippen molar-refractivity contribution in [1.29, 1.82) is 0 Å². The largest absolute Gasteiger partial charge is 0.495 e. The Hall–Kier alpha value is -3.47. The van der Waals surface area contributed by atoms with Gasteiger partial charge in [-0.05, 0) is 49.7 Å². The van der Waals surface area contributed by atoms with E-state index in [4.69, 9.17) is 15.5 Å². The number of piperidine rings is 1. The number of aromatic nitrogens is 5. The normalized spacial score (nSPS) is 15.1. The van der Waals surface area contributed by atoms with E-state index in [1.807, 2.05) is 18.0 Å². The molecule has 0 bridgehead atoms. The summed E-state index contributed by atoms with van der Waals surface area (Å²) in [6.45, 7) is 6.16. The van der Waals surface area contributed by atoms with Gasteiger partial charge >= 0.3 is 0 Å². The van der Waals surface area contributed by atoms with Gasteiger partial charge in [-0.3, -0.25) is 14.5 Å². The number of rotatable bonds is 12. The molecule has 4 N–H and O–H groups in total. The molecule has 4 heterocycles. The van der Waals surface area contributed by atoms with Crippen LogP contribution in [0.4, 0.5) is 11.8 Å². The van der Waals surface area contributed by atoms with Crippen LogP contribution in [0.3, 0.4) is 0 Å². The van der Waals surface area contributed by atoms with E-state index in [1.165, 1.54) is 0 Å². The molecule has 0 radical (unpaired) electrons. The summed E-state index contributed by atoms with van der Waals surface area (Å²) < 4.78 is 7.55. The van der Waals surface area contributed by atoms with Gasteiger partial charge in [0.05, 0.1) is 19.9 Å². The van der Waals surface area contributed by atoms with Crippen molar-refractivity contribution >= 4 is 28.7 Å². The molecule has 3 aromatic rings. The van der Waals surface area contributed by atoms with Gasteiger partial charge in [-0.15, -0.1) is 0 Å². The lowest BCUT2D eigenvalue weighted by Gasteiger charge is -2.32. The zero-order chi connectivity index (χ0) is 27.1. The molecule has 0 aliphatic carbocycles. The van der Waals surface area contributed by atoms with Crippen LogP contribution >= 0.6 is 0 Å². The first kappa shape index (κ1) is 27.6. The molecule has 0 spiro atoms. The predicted octanol–water partition coefficient (Wildman–Crippen LogP) is 3.33. The molecule has 11 nitrogen and oxygen atoms in total. The zero-order valence-electron chi connectivity index (χ0n) is 22.7. The Bertz CT molecular complexity index is 1220. The van der Waals surface area contributed by atoms with Crippen LogP contribution < -0.4 is 15.8 Å². The summed E-state index contributed by atoms with van der Waals surface area (Å²) in [5.74, 6) is 2.06. The van der Waals surface area contributed by atoms with E-state index in [9.17, 15) is 9.90 Å². The maximum absolute atomic E-state index is 12.3. The molecule has 0 saturated carbocycles. The number of pyridine rings is 1. The van der Waals surface area contributed by atoms with Crippen molar-refractivity contribution in [3.63, 3.8) is 0 Å². The van der Waals surface area contributed by atoms with E-state index in [1.54, 1.807) is 18.0 Å². The van der Waals surface area contributed by atoms with Crippen LogP contribution in [0.5, 0.6) is 5.75 Å². The number of nitrogens with one attached hydrogen (secondary N) is 1. The molecule has 1 saturated heterocycles. The average molecular weight is 525 g/mol. The second-order valence-corrected chi connectivity index (χ2v) is 9.93. The fraction of sp³-hybridized carbons (Fsp3) is 0.593. The van der Waals surface area contributed by atoms with E-state index >= 15 is 0 Å². The lowest BCUT2D eigenvalue weighted by atomic mass is 9.90. The lowest BCUT2D eigenvalue weighted by molar-refractivity contribution is -0.132. The van der Waals surface area contributed by atoms with Crippen molar-refractivity contribution < 1.29 is 14.6 Å². The number of nitrogens with two attached hydrogens (primary N) is 1. The number of carbonyl (C=O) groups is 1. The first-order valence-electron chi connectivity index (χ1n) is 13.6. The van der Waals surface area contributed by atoms with Crippen molar-refractivity contribution in [1.82, 2.24) is 29.6 Å². The number of hydrogen-bond acceptors (Lipinski definition) is 9. The predicted molar refractivity (Wildman–Crippen MR) is 147 cm³/mol. The van der Waals surface area contributed by atoms with Gasteiger partial charge in [0.15, 0.2) is 5.82 Å². The minimum absolute atomic E-state index is 0.0569. The van der Waals surface area contributed by atoms with Gasteiger partial charge < -0.3 is 25.8 Å². The van der Waals surface area contributed by atoms with Crippen molar-refractivity contribution in [2.75, 3.05) is 37.9 Å². The Kier molecular flexibility index (Phi) is 9.33. The minimum atomic E-state index is 0.0569. The van der Waals surface area contributed by atoms with Crippen molar-refractivity contribution in [2.24, 2.45) is 0 Å². The topological polar surface area (TPSA) is 144 Å². The van der Waals surface area contributed by atoms with Crippen molar-refractivity contribution in [3.05, 3.63) is 29.7 Å². The summed E-state index contributed by atoms with van der Waals surface area (Å²) in [7, 11) is 1.65. The fourth-order valence-corrected chi connectivity index (χ4v) is 5.21. The number of nitrogen functional groups attached to an aromatic ring is 1. The highest BCUT2D eigenvalue weighted by molar-refractivity contribution is 5.86. The van der Waals surface area contributed by atoms with Crippen LogP contribution in [0.2, 0.25) is 0 Å². The summed E-state index contributed by atoms with van der Waals surface area (Å²) in [5, 5.41) is 17.5. The first-order valence-corrected chi connectivity index (χ1v) is 13.6. The van der Waals surface area contributed by atoms with Gasteiger partial charge in [0.1, 0.15) is 22.5 Å². The monoisotopic (exact) mass is 524 g/mol. The van der Waals surface area contributed by atoms with E-state index in [0.717, 1.165) is 62.0 Å². The summed E-state index contributed by atoms with van der Waals surface area (Å²) >= 11 is 0. The number of hydrogen-bond donors (Lipinski definition) is 3. The number of fused-ring (bicyclic) bond motifs is 1. The molecule has 38 heavy (non-hydrogen) atoms. The van der Waals surface area contributed by atoms with Crippen LogP contribution in [0.15, 0.2) is 18.5 Å². The molecule has 11 heteroatoms. The Morgan fingerprint density at radius 1 is 1.21 bits per heavy atom. The van der Waals surface area contributed by atoms with Crippen molar-refractivity contribution in [3.8, 4) is 5.75 Å². The molecular formula is C27H40N8O3. The maximum Gasteiger partial charge on any atom is 0.222 e. The van der Waals surface area contributed by atoms with Gasteiger partial charge in [-0.25, -0.2) is 4.98 Å². The highest BCUT2D eigenvalue weighted by atomic mass is 16.5. The van der Waals surface area contributed by atoms with Crippen LogP contribution in [0.1, 0.15) is 76.0 Å². The lowest BCUT2D eigenvalue weighted by Crippen LogP contribution is -2.37. The number of ether oxygens (including phenoxy) is 1. The second-order valence-electron chi connectivity index (χ2n) is 9.93. The number of anilines is 2. The smallest absolute Gasteiger partial charge is 0.222 e. The molecule has 1 unspecified atom stereocenters. The van der Waals surface area contributed by atoms with E-state index < -0.39 is 0 Å². The molecule has 4 rings (SSSR count). The standard InChI is InChI=1S/C27H40N8O3/c1-4-6-20(10-13-36)31-26-25-21(32-27(28)33-26)16-30-35(25)17-22-23(38-3)14-19(15-29-22)18-8-11-34(12-9-18)24(37)7-5-2/h14-16,18,20,36H,4-13,17H2,1-3H3,(H3,28,31,32,33). The Labute approximate surface area is 223 Å². The van der Waals surface area contributed by atoms with E-state index in [-0.39, 0.29) is 24.5 Å². The fourth-order valence-electron chi connectivity index (χ4n) is 5.21. The van der Waals surface area contributed by atoms with Gasteiger partial charge in [-0.1, -0.05) is 20.3 Å². The van der Waals surface area contributed by atoms with Gasteiger partial charge in [-0.2, -0.15) is 10.1 Å². The quantitative estimate of drug-likeness (QED) is 0.325. The third-order valence-corrected chi connectivity index (χ3v) is 7.22. The molecule has 0 aromatic carbocycles. The SMILES string of the molecule is CCCC(=O)N1CCC(c2cnc(Cn3ncc4nc(N)nc(NC(CCC)CCO)c43)c(OC)c2)CC1. The summed E-state index contributed by atoms with van der Waals surface area (Å²) in [6, 6.07) is 2.12. The Morgan fingerprint density at radius 2 is 2.00 bits per heavy atom. The number of aliphatic hydroxyl groups excluding tert-OH is 1. The molecule has 1 aliphatic heterocycles. The van der Waals surface area contributed by atoms with Crippen LogP contribution in [0, 0.1) is 0 Å². The van der Waals surface area contributed by atoms with Gasteiger partial charge in [0.2, 0.25) is 11.9 Å². The number of carbonyl (C=O) groups excluding carboxylic acids is 1. The van der Waals surface area contributed by atoms with Gasteiger partial charge in [0, 0.05) is 38.4 Å². The number of amides is 1. The van der Waals surface area contributed by atoms with Crippen LogP contribution in [-0.4, -0.2) is 73.5 Å². The summed E-state index contributed by atoms with van der Waals surface area (Å²) in [5.41, 5.74) is 9.23. The highest BCUT2D eigenvalue weighted by Gasteiger charge is 2.25. The first-order chi connectivity index (χ1) is 18.5. The molecule has 1 amide bonds. The molecule has 1 fully saturated rings. The van der Waals surface area contributed by atoms with E-state index in [2.05, 4.69) is 33.4 Å². The molecule has 3 aromatic heterocycles. The van der Waals surface area contributed by atoms with Gasteiger partial charge in [0.25, 0.3) is 0 Å². The summed E-state index contributed by atoms with van der Waals surface area (Å²) in [6.07, 6.45) is 9.41. The van der Waals surface area contributed by atoms with E-state index in [0.29, 0.717) is 42.4 Å². The molecule has 1 aliphatic rings. The molecular weight excluding hydrogens is 484 g/mol. The van der Waals surface area contributed by atoms with Crippen molar-refractivity contribution in [2.45, 2.75) is 77.3 Å². The third kappa shape index (κ3) is 6.32. The van der Waals surface area contributed by atoms with Crippen LogP contribution in [-0.2, 0) is 11.3 Å². The third-order valence-electron chi connectivity index (χ3n) is 7.22. The Balaban J connectivity index is 1.55. The molecule has 1 atom stereocenters. The Morgan fingerprint density at radius 3 is 2.68 bits per heavy atom. The average Bonchev–Trinajstić information content (AvgIpc) is 3.31.